The second-order valence-corrected chi connectivity index (χ2v) is 9.48. The fraction of sp³-hybridized carbons (Fsp3) is 1.00. The predicted molar refractivity (Wildman–Crippen MR) is 51.2 cm³/mol. The summed E-state index contributed by atoms with van der Waals surface area (Å²) in [5.41, 5.74) is 0. The Bertz CT molecular complexity index is 121. The first-order valence-corrected chi connectivity index (χ1v) is 7.70. The van der Waals surface area contributed by atoms with Gasteiger partial charge in [0.25, 0.3) is 0 Å². The second-order valence-electron chi connectivity index (χ2n) is 4.51. The molecule has 0 N–H and O–H groups in total. The summed E-state index contributed by atoms with van der Waals surface area (Å²) in [6, 6.07) is 0. The average molecular weight is 155 g/mol. The lowest BCUT2D eigenvalue weighted by molar-refractivity contribution is 0.670. The number of rotatable bonds is 1. The van der Waals surface area contributed by atoms with Crippen molar-refractivity contribution in [1.29, 1.82) is 0 Å². The SMILES string of the molecule is CC1BN([Si](C)(C)C)CC1. The van der Waals surface area contributed by atoms with Crippen LogP contribution in [-0.2, 0) is 0 Å². The number of hydrogen-bond donors (Lipinski definition) is 0. The van der Waals surface area contributed by atoms with Crippen LogP contribution < -0.4 is 0 Å². The third-order valence-electron chi connectivity index (χ3n) is 2.37. The normalized spacial score (nSPS) is 28.6. The van der Waals surface area contributed by atoms with Crippen LogP contribution in [0.2, 0.25) is 25.5 Å². The molecule has 0 saturated carbocycles. The van der Waals surface area contributed by atoms with Crippen LogP contribution in [0.15, 0.2) is 0 Å². The molecule has 0 aromatic carbocycles. The van der Waals surface area contributed by atoms with Gasteiger partial charge < -0.3 is 4.48 Å². The Morgan fingerprint density at radius 1 is 1.40 bits per heavy atom. The first-order chi connectivity index (χ1) is 4.50. The van der Waals surface area contributed by atoms with Crippen LogP contribution in [0.25, 0.3) is 0 Å². The average Bonchev–Trinajstić information content (AvgIpc) is 2.11. The van der Waals surface area contributed by atoms with E-state index < -0.39 is 8.24 Å². The third-order valence-corrected chi connectivity index (χ3v) is 4.68. The molecule has 0 bridgehead atoms. The van der Waals surface area contributed by atoms with E-state index in [9.17, 15) is 0 Å². The minimum atomic E-state index is -0.933. The Morgan fingerprint density at radius 2 is 2.00 bits per heavy atom. The quantitative estimate of drug-likeness (QED) is 0.521. The molecule has 58 valence electrons. The van der Waals surface area contributed by atoms with Gasteiger partial charge in [-0.1, -0.05) is 32.4 Å². The zero-order valence-corrected chi connectivity index (χ0v) is 8.65. The van der Waals surface area contributed by atoms with E-state index in [0.29, 0.717) is 0 Å². The van der Waals surface area contributed by atoms with Crippen molar-refractivity contribution in [3.8, 4) is 0 Å². The van der Waals surface area contributed by atoms with Crippen molar-refractivity contribution < 1.29 is 0 Å². The van der Waals surface area contributed by atoms with Crippen molar-refractivity contribution in [2.45, 2.75) is 38.8 Å². The van der Waals surface area contributed by atoms with E-state index >= 15 is 0 Å². The van der Waals surface area contributed by atoms with Crippen LogP contribution >= 0.6 is 0 Å². The minimum absolute atomic E-state index is 0.933. The molecule has 0 amide bonds. The van der Waals surface area contributed by atoms with E-state index in [4.69, 9.17) is 0 Å². The lowest BCUT2D eigenvalue weighted by atomic mass is 9.80. The predicted octanol–water partition coefficient (Wildman–Crippen LogP) is 1.69. The molecule has 0 aromatic rings. The van der Waals surface area contributed by atoms with Gasteiger partial charge in [0.05, 0.1) is 0 Å². The largest absolute Gasteiger partial charge is 0.368 e. The highest BCUT2D eigenvalue weighted by Gasteiger charge is 2.30. The highest BCUT2D eigenvalue weighted by Crippen LogP contribution is 2.23. The molecule has 1 aliphatic heterocycles. The van der Waals surface area contributed by atoms with E-state index in [1.165, 1.54) is 20.4 Å². The van der Waals surface area contributed by atoms with Crippen molar-refractivity contribution in [3.63, 3.8) is 0 Å². The van der Waals surface area contributed by atoms with Gasteiger partial charge in [-0.3, -0.25) is 0 Å². The van der Waals surface area contributed by atoms with Gasteiger partial charge in [-0.2, -0.15) is 0 Å². The van der Waals surface area contributed by atoms with Crippen molar-refractivity contribution in [1.82, 2.24) is 4.48 Å². The molecule has 0 radical (unpaired) electrons. The molecule has 1 atom stereocenters. The summed E-state index contributed by atoms with van der Waals surface area (Å²) in [6.07, 6.45) is 1.42. The van der Waals surface area contributed by atoms with Crippen LogP contribution in [-0.4, -0.2) is 26.7 Å². The Balaban J connectivity index is 2.45. The molecule has 0 aromatic heterocycles. The maximum absolute atomic E-state index is 2.71. The highest BCUT2D eigenvalue weighted by molar-refractivity contribution is 6.79. The van der Waals surface area contributed by atoms with Gasteiger partial charge in [0, 0.05) is 0 Å². The van der Waals surface area contributed by atoms with E-state index in [2.05, 4.69) is 31.0 Å². The van der Waals surface area contributed by atoms with Crippen molar-refractivity contribution in [2.24, 2.45) is 0 Å². The smallest absolute Gasteiger partial charge is 0.200 e. The molecular formula is C7H18BNSi. The fourth-order valence-electron chi connectivity index (χ4n) is 1.54. The molecule has 1 aliphatic rings. The Labute approximate surface area is 66.2 Å². The maximum Gasteiger partial charge on any atom is 0.200 e. The summed E-state index contributed by atoms with van der Waals surface area (Å²) in [4.78, 5) is 0. The number of nitrogens with zero attached hydrogens (tertiary/aromatic N) is 1. The molecular weight excluding hydrogens is 137 g/mol. The Hall–Kier alpha value is 0.242. The van der Waals surface area contributed by atoms with Crippen LogP contribution in [0.4, 0.5) is 0 Å². The van der Waals surface area contributed by atoms with Gasteiger partial charge in [-0.25, -0.2) is 0 Å². The highest BCUT2D eigenvalue weighted by atomic mass is 28.3. The summed E-state index contributed by atoms with van der Waals surface area (Å²) in [5, 5.41) is 0. The molecule has 0 aliphatic carbocycles. The monoisotopic (exact) mass is 155 g/mol. The van der Waals surface area contributed by atoms with Gasteiger partial charge in [0.15, 0.2) is 7.41 Å². The zero-order valence-electron chi connectivity index (χ0n) is 7.65. The van der Waals surface area contributed by atoms with E-state index in [1.807, 2.05) is 0 Å². The molecule has 1 rings (SSSR count). The standard InChI is InChI=1S/C7H18BNSi/c1-7-5-6-9(8-7)10(2,3)4/h7-8H,5-6H2,1-4H3. The molecule has 3 heteroatoms. The van der Waals surface area contributed by atoms with Crippen LogP contribution in [0.5, 0.6) is 0 Å². The van der Waals surface area contributed by atoms with Gasteiger partial charge in [0.1, 0.15) is 8.24 Å². The second kappa shape index (κ2) is 2.70. The lowest BCUT2D eigenvalue weighted by Gasteiger charge is -2.29. The molecule has 1 heterocycles. The van der Waals surface area contributed by atoms with Crippen LogP contribution in [0.1, 0.15) is 13.3 Å². The van der Waals surface area contributed by atoms with E-state index in [-0.39, 0.29) is 0 Å². The van der Waals surface area contributed by atoms with Gasteiger partial charge >= 0.3 is 0 Å². The third kappa shape index (κ3) is 1.86. The summed E-state index contributed by atoms with van der Waals surface area (Å²) in [5.74, 6) is 0.951. The van der Waals surface area contributed by atoms with Crippen LogP contribution in [0.3, 0.4) is 0 Å². The Morgan fingerprint density at radius 3 is 2.20 bits per heavy atom. The minimum Gasteiger partial charge on any atom is -0.368 e. The molecule has 10 heavy (non-hydrogen) atoms. The van der Waals surface area contributed by atoms with Crippen LogP contribution in [0, 0.1) is 0 Å². The van der Waals surface area contributed by atoms with Gasteiger partial charge in [-0.15, -0.1) is 0 Å². The fourth-order valence-corrected chi connectivity index (χ4v) is 3.20. The summed E-state index contributed by atoms with van der Waals surface area (Å²) < 4.78 is 2.71. The topological polar surface area (TPSA) is 3.24 Å². The van der Waals surface area contributed by atoms with Crippen molar-refractivity contribution in [3.05, 3.63) is 0 Å². The zero-order chi connectivity index (χ0) is 7.78. The summed E-state index contributed by atoms with van der Waals surface area (Å²) in [6.45, 7) is 11.0. The first kappa shape index (κ1) is 8.34. The summed E-state index contributed by atoms with van der Waals surface area (Å²) >= 11 is 0. The lowest BCUT2D eigenvalue weighted by Crippen LogP contribution is -2.45. The van der Waals surface area contributed by atoms with Crippen molar-refractivity contribution >= 4 is 15.6 Å². The Kier molecular flexibility index (Phi) is 2.25. The first-order valence-electron chi connectivity index (χ1n) is 4.25. The molecule has 1 fully saturated rings. The van der Waals surface area contributed by atoms with Gasteiger partial charge in [0.2, 0.25) is 0 Å². The molecule has 1 unspecified atom stereocenters. The maximum atomic E-state index is 2.71. The number of hydrogen-bond acceptors (Lipinski definition) is 1. The molecule has 0 spiro atoms. The van der Waals surface area contributed by atoms with Gasteiger partial charge in [-0.05, 0) is 13.0 Å². The summed E-state index contributed by atoms with van der Waals surface area (Å²) in [7, 11) is 0.424. The molecule has 1 nitrogen and oxygen atoms in total. The molecule has 1 saturated heterocycles. The van der Waals surface area contributed by atoms with E-state index in [1.54, 1.807) is 0 Å². The van der Waals surface area contributed by atoms with Crippen molar-refractivity contribution in [2.75, 3.05) is 6.54 Å². The van der Waals surface area contributed by atoms with E-state index in [0.717, 1.165) is 5.82 Å².